The van der Waals surface area contributed by atoms with Gasteiger partial charge in [-0.25, -0.2) is 0 Å². The molecule has 18 heavy (non-hydrogen) atoms. The third kappa shape index (κ3) is 1.41. The zero-order valence-electron chi connectivity index (χ0n) is 11.8. The topological polar surface area (TPSA) is 34.1 Å². The van der Waals surface area contributed by atoms with Crippen LogP contribution in [0.2, 0.25) is 0 Å². The summed E-state index contributed by atoms with van der Waals surface area (Å²) in [6, 6.07) is 0. The zero-order chi connectivity index (χ0) is 13.2. The molecule has 0 aliphatic heterocycles. The van der Waals surface area contributed by atoms with Crippen LogP contribution in [0.25, 0.3) is 0 Å². The van der Waals surface area contributed by atoms with E-state index >= 15 is 0 Å². The van der Waals surface area contributed by atoms with Crippen molar-refractivity contribution in [1.29, 1.82) is 0 Å². The molecule has 3 rings (SSSR count). The summed E-state index contributed by atoms with van der Waals surface area (Å²) in [6.45, 7) is 8.59. The van der Waals surface area contributed by atoms with E-state index in [-0.39, 0.29) is 23.7 Å². The Balaban J connectivity index is 1.97. The lowest BCUT2D eigenvalue weighted by molar-refractivity contribution is -0.134. The lowest BCUT2D eigenvalue weighted by atomic mass is 9.59. The van der Waals surface area contributed by atoms with Crippen LogP contribution >= 0.6 is 0 Å². The van der Waals surface area contributed by atoms with E-state index in [4.69, 9.17) is 0 Å². The molecule has 2 heteroatoms. The fourth-order valence-corrected chi connectivity index (χ4v) is 5.34. The first-order valence-corrected chi connectivity index (χ1v) is 7.51. The third-order valence-electron chi connectivity index (χ3n) is 6.29. The number of ketones is 2. The molecule has 0 aromatic heterocycles. The highest BCUT2D eigenvalue weighted by molar-refractivity contribution is 5.89. The fraction of sp³-hybridized carbons (Fsp3) is 0.875. The van der Waals surface area contributed by atoms with Gasteiger partial charge in [0.2, 0.25) is 0 Å². The molecule has 3 saturated carbocycles. The first-order valence-electron chi connectivity index (χ1n) is 7.51. The monoisotopic (exact) mass is 248 g/mol. The largest absolute Gasteiger partial charge is 0.299 e. The highest BCUT2D eigenvalue weighted by atomic mass is 16.1. The fourth-order valence-electron chi connectivity index (χ4n) is 5.34. The van der Waals surface area contributed by atoms with E-state index in [1.165, 1.54) is 0 Å². The minimum Gasteiger partial charge on any atom is -0.299 e. The highest BCUT2D eigenvalue weighted by Gasteiger charge is 2.58. The van der Waals surface area contributed by atoms with Crippen molar-refractivity contribution in [3.63, 3.8) is 0 Å². The predicted octanol–water partition coefficient (Wildman–Crippen LogP) is 2.95. The van der Waals surface area contributed by atoms with E-state index in [0.29, 0.717) is 35.2 Å². The molecule has 100 valence electrons. The van der Waals surface area contributed by atoms with Crippen molar-refractivity contribution in [3.8, 4) is 0 Å². The number of rotatable bonds is 0. The van der Waals surface area contributed by atoms with Crippen molar-refractivity contribution >= 4 is 11.6 Å². The van der Waals surface area contributed by atoms with Crippen LogP contribution in [0.3, 0.4) is 0 Å². The van der Waals surface area contributed by atoms with Crippen LogP contribution in [-0.2, 0) is 9.59 Å². The number of carbonyl (C=O) groups is 2. The van der Waals surface area contributed by atoms with Crippen molar-refractivity contribution in [2.75, 3.05) is 0 Å². The molecule has 0 N–H and O–H groups in total. The molecule has 3 fully saturated rings. The van der Waals surface area contributed by atoms with E-state index in [9.17, 15) is 9.59 Å². The lowest BCUT2D eigenvalue weighted by Crippen LogP contribution is -2.44. The Hall–Kier alpha value is -0.660. The molecular formula is C16H24O2. The maximum atomic E-state index is 12.4. The molecule has 0 radical (unpaired) electrons. The van der Waals surface area contributed by atoms with Gasteiger partial charge in [-0.1, -0.05) is 27.7 Å². The molecule has 8 unspecified atom stereocenters. The number of hydrogen-bond donors (Lipinski definition) is 0. The van der Waals surface area contributed by atoms with Crippen LogP contribution in [-0.4, -0.2) is 11.6 Å². The van der Waals surface area contributed by atoms with Crippen molar-refractivity contribution in [2.24, 2.45) is 47.3 Å². The zero-order valence-corrected chi connectivity index (χ0v) is 11.8. The Morgan fingerprint density at radius 3 is 1.39 bits per heavy atom. The molecule has 3 aliphatic rings. The Bertz CT molecular complexity index is 362. The van der Waals surface area contributed by atoms with E-state index < -0.39 is 0 Å². The Labute approximate surface area is 110 Å². The normalized spacial score (nSPS) is 55.6. The van der Waals surface area contributed by atoms with Gasteiger partial charge in [0.25, 0.3) is 0 Å². The van der Waals surface area contributed by atoms with E-state index in [1.807, 2.05) is 0 Å². The molecule has 0 aromatic rings. The Kier molecular flexibility index (Phi) is 2.69. The maximum Gasteiger partial charge on any atom is 0.139 e. The van der Waals surface area contributed by atoms with Crippen LogP contribution in [0.5, 0.6) is 0 Å². The summed E-state index contributed by atoms with van der Waals surface area (Å²) in [6.07, 6.45) is 2.03. The summed E-state index contributed by atoms with van der Waals surface area (Å²) in [7, 11) is 0. The van der Waals surface area contributed by atoms with Crippen molar-refractivity contribution in [2.45, 2.75) is 40.5 Å². The summed E-state index contributed by atoms with van der Waals surface area (Å²) >= 11 is 0. The van der Waals surface area contributed by atoms with Crippen molar-refractivity contribution in [3.05, 3.63) is 0 Å². The second kappa shape index (κ2) is 3.91. The minimum atomic E-state index is 0.219. The van der Waals surface area contributed by atoms with Gasteiger partial charge in [0.1, 0.15) is 11.6 Å². The standard InChI is InChI=1S/C16H24O2/c1-7-5-11-9(3)14-12(6-8(2)16(14)18)10(4)13(11)15(7)17/h7-14H,5-6H2,1-4H3. The van der Waals surface area contributed by atoms with Gasteiger partial charge < -0.3 is 0 Å². The SMILES string of the molecule is CC1CC2C(C)C3C(=O)C(C)CC3C(C)C2C1=O. The molecule has 0 spiro atoms. The van der Waals surface area contributed by atoms with E-state index in [0.717, 1.165) is 12.8 Å². The second-order valence-corrected chi connectivity index (χ2v) is 7.18. The van der Waals surface area contributed by atoms with Gasteiger partial charge in [0, 0.05) is 23.7 Å². The summed E-state index contributed by atoms with van der Waals surface area (Å²) < 4.78 is 0. The molecule has 0 saturated heterocycles. The molecule has 8 atom stereocenters. The molecule has 0 aromatic carbocycles. The average Bonchev–Trinajstić information content (AvgIpc) is 2.78. The Morgan fingerprint density at radius 2 is 1.06 bits per heavy atom. The van der Waals surface area contributed by atoms with Crippen LogP contribution in [0.15, 0.2) is 0 Å². The number of carbonyl (C=O) groups excluding carboxylic acids is 2. The van der Waals surface area contributed by atoms with E-state index in [2.05, 4.69) is 27.7 Å². The second-order valence-electron chi connectivity index (χ2n) is 7.18. The first-order chi connectivity index (χ1) is 8.43. The first kappa shape index (κ1) is 12.4. The smallest absolute Gasteiger partial charge is 0.139 e. The lowest BCUT2D eigenvalue weighted by Gasteiger charge is -2.43. The summed E-state index contributed by atoms with van der Waals surface area (Å²) in [5.74, 6) is 3.66. The maximum absolute atomic E-state index is 12.4. The molecule has 0 bridgehead atoms. The minimum absolute atomic E-state index is 0.219. The molecule has 0 heterocycles. The molecule has 2 nitrogen and oxygen atoms in total. The van der Waals surface area contributed by atoms with Gasteiger partial charge >= 0.3 is 0 Å². The number of hydrogen-bond acceptors (Lipinski definition) is 2. The van der Waals surface area contributed by atoms with Gasteiger partial charge in [-0.2, -0.15) is 0 Å². The van der Waals surface area contributed by atoms with Gasteiger partial charge in [0.05, 0.1) is 0 Å². The quantitative estimate of drug-likeness (QED) is 0.660. The van der Waals surface area contributed by atoms with E-state index in [1.54, 1.807) is 0 Å². The molecule has 0 amide bonds. The van der Waals surface area contributed by atoms with Gasteiger partial charge in [-0.15, -0.1) is 0 Å². The number of fused-ring (bicyclic) bond motifs is 2. The molecular weight excluding hydrogens is 224 g/mol. The highest BCUT2D eigenvalue weighted by Crippen LogP contribution is 2.57. The summed E-state index contributed by atoms with van der Waals surface area (Å²) in [4.78, 5) is 24.7. The Morgan fingerprint density at radius 1 is 0.722 bits per heavy atom. The van der Waals surface area contributed by atoms with Crippen LogP contribution < -0.4 is 0 Å². The average molecular weight is 248 g/mol. The summed E-state index contributed by atoms with van der Waals surface area (Å²) in [5, 5.41) is 0. The van der Waals surface area contributed by atoms with Crippen LogP contribution in [0.1, 0.15) is 40.5 Å². The third-order valence-corrected chi connectivity index (χ3v) is 6.29. The summed E-state index contributed by atoms with van der Waals surface area (Å²) in [5.41, 5.74) is 0. The van der Waals surface area contributed by atoms with Crippen LogP contribution in [0, 0.1) is 47.3 Å². The van der Waals surface area contributed by atoms with Crippen molar-refractivity contribution < 1.29 is 9.59 Å². The van der Waals surface area contributed by atoms with Crippen LogP contribution in [0.4, 0.5) is 0 Å². The molecule has 3 aliphatic carbocycles. The van der Waals surface area contributed by atoms with Gasteiger partial charge in [0.15, 0.2) is 0 Å². The van der Waals surface area contributed by atoms with Gasteiger partial charge in [-0.3, -0.25) is 9.59 Å². The van der Waals surface area contributed by atoms with Gasteiger partial charge in [-0.05, 0) is 36.5 Å². The number of Topliss-reactive ketones (excluding diaryl/α,β-unsaturated/α-hetero) is 2. The van der Waals surface area contributed by atoms with Crippen molar-refractivity contribution in [1.82, 2.24) is 0 Å². The predicted molar refractivity (Wildman–Crippen MR) is 69.9 cm³/mol.